The van der Waals surface area contributed by atoms with E-state index in [1.807, 2.05) is 36.4 Å². The second-order valence-electron chi connectivity index (χ2n) is 11.5. The van der Waals surface area contributed by atoms with E-state index in [0.717, 1.165) is 80.3 Å². The highest BCUT2D eigenvalue weighted by Gasteiger charge is 2.17. The molecule has 0 saturated carbocycles. The van der Waals surface area contributed by atoms with Crippen molar-refractivity contribution in [2.75, 3.05) is 13.2 Å². The second kappa shape index (κ2) is 14.3. The highest BCUT2D eigenvalue weighted by molar-refractivity contribution is 5.92. The number of nitrogens with one attached hydrogen (secondary N) is 2. The zero-order chi connectivity index (χ0) is 30.1. The van der Waals surface area contributed by atoms with E-state index in [2.05, 4.69) is 72.3 Å². The zero-order valence-corrected chi connectivity index (χ0v) is 25.9. The smallest absolute Gasteiger partial charge is 0.130 e. The minimum Gasteiger partial charge on any atom is -0.493 e. The third kappa shape index (κ3) is 7.31. The van der Waals surface area contributed by atoms with Gasteiger partial charge in [0.2, 0.25) is 0 Å². The molecule has 6 nitrogen and oxygen atoms in total. The normalized spacial score (nSPS) is 12.1. The zero-order valence-electron chi connectivity index (χ0n) is 25.9. The van der Waals surface area contributed by atoms with Crippen LogP contribution in [-0.4, -0.2) is 33.1 Å². The molecule has 2 aliphatic rings. The van der Waals surface area contributed by atoms with Crippen molar-refractivity contribution in [2.24, 2.45) is 0 Å². The van der Waals surface area contributed by atoms with Crippen LogP contribution in [0.5, 0.6) is 11.5 Å². The highest BCUT2D eigenvalue weighted by atomic mass is 16.5. The van der Waals surface area contributed by atoms with Crippen LogP contribution in [0.2, 0.25) is 0 Å². The molecule has 2 aliphatic heterocycles. The predicted octanol–water partition coefficient (Wildman–Crippen LogP) is 10.2. The predicted molar refractivity (Wildman–Crippen MR) is 184 cm³/mol. The molecule has 44 heavy (non-hydrogen) atoms. The minimum atomic E-state index is 0.679. The van der Waals surface area contributed by atoms with E-state index in [9.17, 15) is 0 Å². The van der Waals surface area contributed by atoms with Crippen molar-refractivity contribution in [3.05, 3.63) is 83.4 Å². The number of fused-ring (bicyclic) bond motifs is 8. The van der Waals surface area contributed by atoms with Gasteiger partial charge in [0.25, 0.3) is 0 Å². The van der Waals surface area contributed by atoms with Gasteiger partial charge >= 0.3 is 0 Å². The molecule has 4 aromatic rings. The van der Waals surface area contributed by atoms with E-state index < -0.39 is 0 Å². The second-order valence-corrected chi connectivity index (χ2v) is 11.5. The molecule has 3 aromatic heterocycles. The van der Waals surface area contributed by atoms with Crippen molar-refractivity contribution in [1.82, 2.24) is 19.9 Å². The number of aromatic nitrogens is 4. The summed E-state index contributed by atoms with van der Waals surface area (Å²) in [5, 5.41) is 0. The van der Waals surface area contributed by atoms with Crippen LogP contribution in [0.25, 0.3) is 57.5 Å². The van der Waals surface area contributed by atoms with Gasteiger partial charge in [-0.05, 0) is 91.7 Å². The maximum Gasteiger partial charge on any atom is 0.130 e. The summed E-state index contributed by atoms with van der Waals surface area (Å²) in [4.78, 5) is 16.8. The molecule has 0 aliphatic carbocycles. The fourth-order valence-corrected chi connectivity index (χ4v) is 5.66. The number of H-pyrrole nitrogens is 2. The van der Waals surface area contributed by atoms with E-state index >= 15 is 0 Å². The van der Waals surface area contributed by atoms with Crippen molar-refractivity contribution in [3.63, 3.8) is 0 Å². The summed E-state index contributed by atoms with van der Waals surface area (Å²) in [5.41, 5.74) is 9.49. The number of hydrogen-bond acceptors (Lipinski definition) is 4. The molecular weight excluding hydrogens is 544 g/mol. The summed E-state index contributed by atoms with van der Waals surface area (Å²) in [5.74, 6) is 1.69. The van der Waals surface area contributed by atoms with Crippen LogP contribution in [0.3, 0.4) is 0 Å². The van der Waals surface area contributed by atoms with Gasteiger partial charge in [-0.15, -0.1) is 0 Å². The maximum absolute atomic E-state index is 6.47. The van der Waals surface area contributed by atoms with E-state index in [1.165, 1.54) is 38.5 Å². The van der Waals surface area contributed by atoms with Gasteiger partial charge in [0.15, 0.2) is 0 Å². The molecule has 5 heterocycles. The Bertz CT molecular complexity index is 1780. The number of nitrogens with zero attached hydrogens (tertiary/aromatic N) is 2. The summed E-state index contributed by atoms with van der Waals surface area (Å²) in [7, 11) is 0. The third-order valence-electron chi connectivity index (χ3n) is 7.94. The monoisotopic (exact) mass is 586 g/mol. The highest BCUT2D eigenvalue weighted by Crippen LogP contribution is 2.41. The van der Waals surface area contributed by atoms with Crippen LogP contribution >= 0.6 is 0 Å². The number of unbranched alkanes of at least 4 members (excludes halogenated alkanes) is 6. The van der Waals surface area contributed by atoms with E-state index in [0.29, 0.717) is 13.2 Å². The molecule has 226 valence electrons. The Balaban J connectivity index is 1.49. The van der Waals surface area contributed by atoms with Gasteiger partial charge in [-0.3, -0.25) is 0 Å². The molecule has 8 bridgehead atoms. The first-order valence-electron chi connectivity index (χ1n) is 16.2. The topological polar surface area (TPSA) is 75.8 Å². The van der Waals surface area contributed by atoms with Crippen LogP contribution in [-0.2, 0) is 0 Å². The Hall–Kier alpha value is -4.58. The average Bonchev–Trinajstić information content (AvgIpc) is 3.83. The molecule has 1 aromatic carbocycles. The maximum atomic E-state index is 6.47. The molecule has 0 unspecified atom stereocenters. The van der Waals surface area contributed by atoms with Gasteiger partial charge in [0.1, 0.15) is 11.5 Å². The lowest BCUT2D eigenvalue weighted by Gasteiger charge is -2.16. The van der Waals surface area contributed by atoms with Crippen LogP contribution < -0.4 is 9.47 Å². The largest absolute Gasteiger partial charge is 0.493 e. The first-order chi connectivity index (χ1) is 21.7. The fraction of sp³-hybridized carbons (Fsp3) is 0.316. The van der Waals surface area contributed by atoms with E-state index in [1.54, 1.807) is 0 Å². The summed E-state index contributed by atoms with van der Waals surface area (Å²) >= 11 is 0. The van der Waals surface area contributed by atoms with Crippen LogP contribution in [0.1, 0.15) is 88.0 Å². The fourth-order valence-electron chi connectivity index (χ4n) is 5.66. The Morgan fingerprint density at radius 2 is 1.11 bits per heavy atom. The average molecular weight is 587 g/mol. The third-order valence-corrected chi connectivity index (χ3v) is 7.94. The van der Waals surface area contributed by atoms with Gasteiger partial charge in [-0.25, -0.2) is 9.97 Å². The lowest BCUT2D eigenvalue weighted by Crippen LogP contribution is -2.02. The summed E-state index contributed by atoms with van der Waals surface area (Å²) in [6, 6.07) is 20.8. The Kier molecular flexibility index (Phi) is 9.56. The molecule has 0 saturated heterocycles. The molecule has 0 spiro atoms. The first kappa shape index (κ1) is 29.5. The molecular formula is C38H42N4O2. The Labute approximate surface area is 259 Å². The standard InChI is InChI=1S/C38H42N4O2/c1-3-5-7-9-20-43-36-12-11-13-37(44-21-10-8-6-4-2)38(36)34-25-33-24-31-17-16-29(40-31)22-27-14-15-28(39-27)23-30-18-19-32(41-30)26-35(34)42-33/h11-19,22-26,40,42H,3-10,20-21H2,1-2H3. The van der Waals surface area contributed by atoms with Crippen molar-refractivity contribution < 1.29 is 9.47 Å². The first-order valence-corrected chi connectivity index (χ1v) is 16.2. The lowest BCUT2D eigenvalue weighted by atomic mass is 10.0. The number of benzene rings is 1. The lowest BCUT2D eigenvalue weighted by molar-refractivity contribution is 0.292. The van der Waals surface area contributed by atoms with Crippen LogP contribution in [0.15, 0.2) is 60.7 Å². The van der Waals surface area contributed by atoms with Gasteiger partial charge < -0.3 is 19.4 Å². The number of hydrogen-bond donors (Lipinski definition) is 2. The summed E-state index contributed by atoms with van der Waals surface area (Å²) < 4.78 is 12.9. The van der Waals surface area contributed by atoms with Gasteiger partial charge in [-0.2, -0.15) is 0 Å². The van der Waals surface area contributed by atoms with Crippen molar-refractivity contribution in [2.45, 2.75) is 65.2 Å². The van der Waals surface area contributed by atoms with Crippen LogP contribution in [0, 0.1) is 0 Å². The SMILES string of the molecule is CCCCCCOc1cccc(OCCCCCC)c1-c1cc2cc3ccc(cc4nc(cc5nc(cc1[nH]2)C=C5)C=C4)[nH]3. The van der Waals surface area contributed by atoms with Crippen molar-refractivity contribution >= 4 is 46.4 Å². The van der Waals surface area contributed by atoms with Crippen LogP contribution in [0.4, 0.5) is 0 Å². The van der Waals surface area contributed by atoms with Gasteiger partial charge in [-0.1, -0.05) is 58.4 Å². The molecule has 0 atom stereocenters. The molecule has 0 fully saturated rings. The van der Waals surface area contributed by atoms with Crippen molar-refractivity contribution in [1.29, 1.82) is 0 Å². The van der Waals surface area contributed by atoms with Crippen molar-refractivity contribution in [3.8, 4) is 22.6 Å². The van der Waals surface area contributed by atoms with Gasteiger partial charge in [0.05, 0.1) is 41.6 Å². The number of ether oxygens (including phenoxy) is 2. The number of rotatable bonds is 13. The van der Waals surface area contributed by atoms with Gasteiger partial charge in [0, 0.05) is 27.6 Å². The molecule has 6 heteroatoms. The molecule has 0 radical (unpaired) electrons. The van der Waals surface area contributed by atoms with E-state index in [4.69, 9.17) is 19.4 Å². The summed E-state index contributed by atoms with van der Waals surface area (Å²) in [6.45, 7) is 5.82. The summed E-state index contributed by atoms with van der Waals surface area (Å²) in [6.07, 6.45) is 17.4. The Morgan fingerprint density at radius 3 is 1.73 bits per heavy atom. The van der Waals surface area contributed by atoms with E-state index in [-0.39, 0.29) is 0 Å². The quantitative estimate of drug-likeness (QED) is 0.132. The number of aromatic amines is 2. The molecule has 0 amide bonds. The minimum absolute atomic E-state index is 0.679. The Morgan fingerprint density at radius 1 is 0.545 bits per heavy atom. The molecule has 2 N–H and O–H groups in total. The molecule has 6 rings (SSSR count).